The van der Waals surface area contributed by atoms with Gasteiger partial charge in [0.2, 0.25) is 0 Å². The molecule has 0 aliphatic heterocycles. The molecule has 1 saturated carbocycles. The van der Waals surface area contributed by atoms with Crippen LogP contribution < -0.4 is 5.32 Å². The quantitative estimate of drug-likeness (QED) is 0.898. The zero-order valence-electron chi connectivity index (χ0n) is 11.9. The zero-order chi connectivity index (χ0) is 13.8. The van der Waals surface area contributed by atoms with Crippen LogP contribution in [0.1, 0.15) is 37.6 Å². The Bertz CT molecular complexity index is 549. The lowest BCUT2D eigenvalue weighted by molar-refractivity contribution is 0.285. The summed E-state index contributed by atoms with van der Waals surface area (Å²) in [5.41, 5.74) is 1.25. The molecular weight excluding hydrogens is 246 g/mol. The molecule has 0 spiro atoms. The number of nitrogens with one attached hydrogen (secondary N) is 1. The van der Waals surface area contributed by atoms with Gasteiger partial charge >= 0.3 is 0 Å². The Kier molecular flexibility index (Phi) is 3.95. The van der Waals surface area contributed by atoms with Crippen LogP contribution in [0.3, 0.4) is 0 Å². The van der Waals surface area contributed by atoms with Crippen molar-refractivity contribution < 1.29 is 0 Å². The lowest BCUT2D eigenvalue weighted by Crippen LogP contribution is -2.31. The Labute approximate surface area is 120 Å². The summed E-state index contributed by atoms with van der Waals surface area (Å²) in [6, 6.07) is 12.8. The van der Waals surface area contributed by atoms with Gasteiger partial charge in [-0.1, -0.05) is 36.8 Å². The monoisotopic (exact) mass is 267 g/mol. The van der Waals surface area contributed by atoms with Gasteiger partial charge in [-0.05, 0) is 37.3 Å². The summed E-state index contributed by atoms with van der Waals surface area (Å²) in [7, 11) is 0. The molecule has 2 aromatic rings. The Balaban J connectivity index is 1.66. The Hall–Kier alpha value is -1.90. The molecule has 1 aromatic heterocycles. The molecule has 1 aromatic carbocycles. The van der Waals surface area contributed by atoms with Crippen molar-refractivity contribution in [1.29, 1.82) is 0 Å². The van der Waals surface area contributed by atoms with Gasteiger partial charge in [-0.25, -0.2) is 9.97 Å². The van der Waals surface area contributed by atoms with Crippen molar-refractivity contribution in [3.63, 3.8) is 0 Å². The number of hydrogen-bond donors (Lipinski definition) is 1. The molecule has 1 heterocycles. The molecule has 1 N–H and O–H groups in total. The Morgan fingerprint density at radius 3 is 2.70 bits per heavy atom. The third-order valence-corrected chi connectivity index (χ3v) is 4.14. The fourth-order valence-corrected chi connectivity index (χ4v) is 2.63. The van der Waals surface area contributed by atoms with E-state index in [0.717, 1.165) is 24.0 Å². The van der Waals surface area contributed by atoms with Crippen LogP contribution in [0.5, 0.6) is 0 Å². The van der Waals surface area contributed by atoms with Crippen molar-refractivity contribution in [2.24, 2.45) is 5.92 Å². The number of nitrogens with zero attached hydrogens (tertiary/aromatic N) is 2. The first-order valence-corrected chi connectivity index (χ1v) is 7.43. The van der Waals surface area contributed by atoms with E-state index in [-0.39, 0.29) is 0 Å². The molecule has 1 fully saturated rings. The van der Waals surface area contributed by atoms with E-state index in [9.17, 15) is 0 Å². The van der Waals surface area contributed by atoms with E-state index in [2.05, 4.69) is 46.5 Å². The van der Waals surface area contributed by atoms with E-state index in [1.807, 2.05) is 18.3 Å². The minimum atomic E-state index is 0.503. The van der Waals surface area contributed by atoms with Gasteiger partial charge in [-0.2, -0.15) is 0 Å². The predicted octanol–water partition coefficient (Wildman–Crippen LogP) is 3.67. The third-order valence-electron chi connectivity index (χ3n) is 4.14. The van der Waals surface area contributed by atoms with Crippen molar-refractivity contribution in [2.75, 3.05) is 5.32 Å². The van der Waals surface area contributed by atoms with Gasteiger partial charge < -0.3 is 5.32 Å². The van der Waals surface area contributed by atoms with Crippen molar-refractivity contribution in [2.45, 2.75) is 38.6 Å². The van der Waals surface area contributed by atoms with Crippen LogP contribution >= 0.6 is 0 Å². The molecule has 3 nitrogen and oxygen atoms in total. The molecule has 104 valence electrons. The summed E-state index contributed by atoms with van der Waals surface area (Å²) in [4.78, 5) is 9.00. The maximum Gasteiger partial charge on any atom is 0.135 e. The van der Waals surface area contributed by atoms with E-state index in [1.54, 1.807) is 0 Å². The first kappa shape index (κ1) is 13.1. The second-order valence-electron chi connectivity index (χ2n) is 5.64. The summed E-state index contributed by atoms with van der Waals surface area (Å²) >= 11 is 0. The van der Waals surface area contributed by atoms with E-state index >= 15 is 0 Å². The highest BCUT2D eigenvalue weighted by Gasteiger charge is 2.23. The normalized spacial score (nSPS) is 16.4. The molecule has 1 aliphatic rings. The summed E-state index contributed by atoms with van der Waals surface area (Å²) < 4.78 is 0. The number of anilines is 1. The van der Waals surface area contributed by atoms with Crippen molar-refractivity contribution in [1.82, 2.24) is 9.97 Å². The highest BCUT2D eigenvalue weighted by atomic mass is 15.0. The van der Waals surface area contributed by atoms with Crippen LogP contribution in [0.4, 0.5) is 5.82 Å². The van der Waals surface area contributed by atoms with Gasteiger partial charge in [0, 0.05) is 18.7 Å². The van der Waals surface area contributed by atoms with Crippen LogP contribution in [0.2, 0.25) is 0 Å². The van der Waals surface area contributed by atoms with Gasteiger partial charge in [-0.3, -0.25) is 0 Å². The van der Waals surface area contributed by atoms with Gasteiger partial charge in [-0.15, -0.1) is 0 Å². The molecule has 0 radical (unpaired) electrons. The van der Waals surface area contributed by atoms with Crippen LogP contribution in [0, 0.1) is 5.92 Å². The lowest BCUT2D eigenvalue weighted by Gasteiger charge is -2.32. The van der Waals surface area contributed by atoms with Gasteiger partial charge in [0.15, 0.2) is 0 Å². The van der Waals surface area contributed by atoms with Crippen LogP contribution in [-0.2, 0) is 6.42 Å². The van der Waals surface area contributed by atoms with Crippen molar-refractivity contribution in [3.05, 3.63) is 54.0 Å². The minimum absolute atomic E-state index is 0.503. The molecule has 1 aliphatic carbocycles. The molecule has 3 rings (SSSR count). The summed E-state index contributed by atoms with van der Waals surface area (Å²) in [6.45, 7) is 2.25. The average molecular weight is 267 g/mol. The molecule has 0 bridgehead atoms. The maximum absolute atomic E-state index is 4.63. The van der Waals surface area contributed by atoms with Crippen molar-refractivity contribution >= 4 is 5.82 Å². The fraction of sp³-hybridized carbons (Fsp3) is 0.412. The van der Waals surface area contributed by atoms with Crippen LogP contribution in [0.15, 0.2) is 42.6 Å². The molecule has 1 unspecified atom stereocenters. The first-order chi connectivity index (χ1) is 9.81. The number of benzene rings is 1. The number of rotatable bonds is 5. The number of hydrogen-bond acceptors (Lipinski definition) is 3. The first-order valence-electron chi connectivity index (χ1n) is 7.43. The second kappa shape index (κ2) is 6.04. The molecule has 1 atom stereocenters. The summed E-state index contributed by atoms with van der Waals surface area (Å²) in [6.07, 6.45) is 6.70. The Morgan fingerprint density at radius 2 is 2.00 bits per heavy atom. The van der Waals surface area contributed by atoms with E-state index in [0.29, 0.717) is 6.04 Å². The summed E-state index contributed by atoms with van der Waals surface area (Å²) in [5, 5.41) is 3.52. The van der Waals surface area contributed by atoms with Gasteiger partial charge in [0.1, 0.15) is 11.6 Å². The van der Waals surface area contributed by atoms with Crippen LogP contribution in [-0.4, -0.2) is 16.0 Å². The predicted molar refractivity (Wildman–Crippen MR) is 81.7 cm³/mol. The third kappa shape index (κ3) is 3.16. The van der Waals surface area contributed by atoms with E-state index in [4.69, 9.17) is 0 Å². The Morgan fingerprint density at radius 1 is 1.20 bits per heavy atom. The smallest absolute Gasteiger partial charge is 0.135 e. The topological polar surface area (TPSA) is 37.8 Å². The van der Waals surface area contributed by atoms with Gasteiger partial charge in [0.05, 0.1) is 0 Å². The molecule has 0 saturated heterocycles. The lowest BCUT2D eigenvalue weighted by atomic mass is 9.80. The van der Waals surface area contributed by atoms with Crippen molar-refractivity contribution in [3.8, 4) is 0 Å². The highest BCUT2D eigenvalue weighted by molar-refractivity contribution is 5.35. The molecule has 3 heteroatoms. The van der Waals surface area contributed by atoms with E-state index < -0.39 is 0 Å². The number of aromatic nitrogens is 2. The molecule has 20 heavy (non-hydrogen) atoms. The fourth-order valence-electron chi connectivity index (χ4n) is 2.63. The van der Waals surface area contributed by atoms with E-state index in [1.165, 1.54) is 24.8 Å². The van der Waals surface area contributed by atoms with Gasteiger partial charge in [0.25, 0.3) is 0 Å². The maximum atomic E-state index is 4.63. The molecular formula is C17H21N3. The zero-order valence-corrected chi connectivity index (χ0v) is 11.9. The molecule has 0 amide bonds. The average Bonchev–Trinajstić information content (AvgIpc) is 2.38. The second-order valence-corrected chi connectivity index (χ2v) is 5.64. The van der Waals surface area contributed by atoms with Crippen LogP contribution in [0.25, 0.3) is 0 Å². The highest BCUT2D eigenvalue weighted by Crippen LogP contribution is 2.30. The standard InChI is InChI=1S/C17H21N3/c1-13(15-8-5-9-15)19-16-10-11-18-17(20-16)12-14-6-3-2-4-7-14/h2-4,6-7,10-11,13,15H,5,8-9,12H2,1H3,(H,18,19,20). The summed E-state index contributed by atoms with van der Waals surface area (Å²) in [5.74, 6) is 2.63. The largest absolute Gasteiger partial charge is 0.367 e. The minimum Gasteiger partial charge on any atom is -0.367 e. The SMILES string of the molecule is CC(Nc1ccnc(Cc2ccccc2)n1)C1CCC1.